The third-order valence-electron chi connectivity index (χ3n) is 2.46. The monoisotopic (exact) mass is 241 g/mol. The molecule has 94 valence electrons. The third kappa shape index (κ3) is 3.54. The topological polar surface area (TPSA) is 90.3 Å². The predicted octanol–water partition coefficient (Wildman–Crippen LogP) is -0.472. The first-order valence-electron chi connectivity index (χ1n) is 5.23. The predicted molar refractivity (Wildman–Crippen MR) is 59.3 cm³/mol. The van der Waals surface area contributed by atoms with Crippen molar-refractivity contribution in [2.45, 2.75) is 19.3 Å². The van der Waals surface area contributed by atoms with E-state index in [2.05, 4.69) is 5.10 Å². The first kappa shape index (κ1) is 13.1. The molecule has 0 saturated heterocycles. The Morgan fingerprint density at radius 2 is 2.12 bits per heavy atom. The third-order valence-corrected chi connectivity index (χ3v) is 2.46. The van der Waals surface area contributed by atoms with E-state index in [4.69, 9.17) is 5.11 Å². The highest BCUT2D eigenvalue weighted by molar-refractivity contribution is 6.39. The van der Waals surface area contributed by atoms with Crippen LogP contribution in [0.1, 0.15) is 19.3 Å². The van der Waals surface area contributed by atoms with Crippen LogP contribution in [0.25, 0.3) is 0 Å². The van der Waals surface area contributed by atoms with Crippen LogP contribution in [0, 0.1) is 0 Å². The molecule has 0 aromatic heterocycles. The van der Waals surface area contributed by atoms with Crippen LogP contribution in [0.5, 0.6) is 0 Å². The molecule has 0 spiro atoms. The number of carboxylic acids is 1. The summed E-state index contributed by atoms with van der Waals surface area (Å²) in [4.78, 5) is 34.7. The minimum atomic E-state index is -0.956. The largest absolute Gasteiger partial charge is 0.481 e. The van der Waals surface area contributed by atoms with Crippen LogP contribution in [0.4, 0.5) is 0 Å². The normalized spacial score (nSPS) is 15.5. The summed E-state index contributed by atoms with van der Waals surface area (Å²) in [7, 11) is 3.01. The Bertz CT molecular complexity index is 378. The van der Waals surface area contributed by atoms with E-state index in [1.165, 1.54) is 19.0 Å². The van der Waals surface area contributed by atoms with Gasteiger partial charge < -0.3 is 10.0 Å². The number of nitrogens with zero attached hydrogens (tertiary/aromatic N) is 3. The highest BCUT2D eigenvalue weighted by atomic mass is 16.4. The molecule has 1 heterocycles. The van der Waals surface area contributed by atoms with Crippen molar-refractivity contribution in [3.8, 4) is 0 Å². The minimum Gasteiger partial charge on any atom is -0.481 e. The SMILES string of the molecule is CN(CCC(=O)O)C(=O)C1=NN(C)C(=O)CC1. The van der Waals surface area contributed by atoms with Crippen molar-refractivity contribution < 1.29 is 19.5 Å². The first-order valence-corrected chi connectivity index (χ1v) is 5.23. The number of amides is 2. The summed E-state index contributed by atoms with van der Waals surface area (Å²) in [5.74, 6) is -1.41. The number of aliphatic carboxylic acids is 1. The number of hydrogen-bond donors (Lipinski definition) is 1. The van der Waals surface area contributed by atoms with Crippen molar-refractivity contribution in [3.05, 3.63) is 0 Å². The number of hydrazone groups is 1. The van der Waals surface area contributed by atoms with Gasteiger partial charge in [0.05, 0.1) is 6.42 Å². The molecule has 0 aromatic rings. The molecule has 0 radical (unpaired) electrons. The highest BCUT2D eigenvalue weighted by Gasteiger charge is 2.24. The van der Waals surface area contributed by atoms with Crippen molar-refractivity contribution in [1.82, 2.24) is 9.91 Å². The maximum atomic E-state index is 11.8. The molecule has 0 bridgehead atoms. The smallest absolute Gasteiger partial charge is 0.305 e. The Kier molecular flexibility index (Phi) is 4.19. The van der Waals surface area contributed by atoms with Crippen LogP contribution in [0.15, 0.2) is 5.10 Å². The second-order valence-electron chi connectivity index (χ2n) is 3.83. The van der Waals surface area contributed by atoms with Crippen molar-refractivity contribution >= 4 is 23.5 Å². The van der Waals surface area contributed by atoms with Crippen molar-refractivity contribution in [1.29, 1.82) is 0 Å². The van der Waals surface area contributed by atoms with Crippen LogP contribution in [-0.2, 0) is 14.4 Å². The van der Waals surface area contributed by atoms with Gasteiger partial charge in [-0.15, -0.1) is 0 Å². The summed E-state index contributed by atoms with van der Waals surface area (Å²) in [6.45, 7) is 0.130. The van der Waals surface area contributed by atoms with Crippen molar-refractivity contribution in [2.75, 3.05) is 20.6 Å². The number of hydrogen-bond acceptors (Lipinski definition) is 4. The lowest BCUT2D eigenvalue weighted by molar-refractivity contribution is -0.137. The average Bonchev–Trinajstić information content (AvgIpc) is 2.28. The quantitative estimate of drug-likeness (QED) is 0.720. The molecule has 0 atom stereocenters. The summed E-state index contributed by atoms with van der Waals surface area (Å²) in [5.41, 5.74) is 0.292. The molecule has 0 saturated carbocycles. The lowest BCUT2D eigenvalue weighted by Gasteiger charge is -2.22. The van der Waals surface area contributed by atoms with Gasteiger partial charge in [-0.2, -0.15) is 5.10 Å². The van der Waals surface area contributed by atoms with E-state index in [9.17, 15) is 14.4 Å². The van der Waals surface area contributed by atoms with E-state index in [1.807, 2.05) is 0 Å². The van der Waals surface area contributed by atoms with E-state index in [1.54, 1.807) is 0 Å². The maximum Gasteiger partial charge on any atom is 0.305 e. The Labute approximate surface area is 98.7 Å². The van der Waals surface area contributed by atoms with Gasteiger partial charge in [0.15, 0.2) is 0 Å². The Balaban J connectivity index is 2.61. The molecule has 0 fully saturated rings. The van der Waals surface area contributed by atoms with Gasteiger partial charge in [-0.05, 0) is 0 Å². The van der Waals surface area contributed by atoms with E-state index in [-0.39, 0.29) is 31.2 Å². The average molecular weight is 241 g/mol. The van der Waals surface area contributed by atoms with Crippen LogP contribution in [-0.4, -0.2) is 59.2 Å². The van der Waals surface area contributed by atoms with Crippen LogP contribution in [0.2, 0.25) is 0 Å². The molecule has 0 unspecified atom stereocenters. The van der Waals surface area contributed by atoms with Gasteiger partial charge in [0.2, 0.25) is 5.91 Å². The summed E-state index contributed by atoms with van der Waals surface area (Å²) >= 11 is 0. The lowest BCUT2D eigenvalue weighted by Crippen LogP contribution is -2.39. The van der Waals surface area contributed by atoms with Crippen LogP contribution in [0.3, 0.4) is 0 Å². The molecule has 7 heteroatoms. The van der Waals surface area contributed by atoms with E-state index >= 15 is 0 Å². The Hall–Kier alpha value is -1.92. The van der Waals surface area contributed by atoms with E-state index < -0.39 is 5.97 Å². The van der Waals surface area contributed by atoms with Crippen LogP contribution < -0.4 is 0 Å². The number of carbonyl (C=O) groups is 3. The molecule has 17 heavy (non-hydrogen) atoms. The number of carboxylic acid groups (broad SMARTS) is 1. The molecular formula is C10H15N3O4. The zero-order chi connectivity index (χ0) is 13.0. The summed E-state index contributed by atoms with van der Waals surface area (Å²) in [6, 6.07) is 0. The Morgan fingerprint density at radius 1 is 1.47 bits per heavy atom. The van der Waals surface area contributed by atoms with Gasteiger partial charge in [-0.1, -0.05) is 0 Å². The lowest BCUT2D eigenvalue weighted by atomic mass is 10.1. The van der Waals surface area contributed by atoms with Gasteiger partial charge in [0, 0.05) is 33.5 Å². The standard InChI is InChI=1S/C10H15N3O4/c1-12(6-5-9(15)16)10(17)7-3-4-8(14)13(2)11-7/h3-6H2,1-2H3,(H,15,16). The van der Waals surface area contributed by atoms with Crippen molar-refractivity contribution in [3.63, 3.8) is 0 Å². The minimum absolute atomic E-state index is 0.107. The number of rotatable bonds is 4. The maximum absolute atomic E-state index is 11.8. The zero-order valence-corrected chi connectivity index (χ0v) is 9.84. The second kappa shape index (κ2) is 5.42. The molecule has 0 aliphatic carbocycles. The van der Waals surface area contributed by atoms with Crippen LogP contribution >= 0.6 is 0 Å². The molecule has 2 amide bonds. The van der Waals surface area contributed by atoms with Gasteiger partial charge in [0.1, 0.15) is 5.71 Å². The van der Waals surface area contributed by atoms with Gasteiger partial charge in [0.25, 0.3) is 5.91 Å². The molecule has 1 aliphatic rings. The van der Waals surface area contributed by atoms with Crippen molar-refractivity contribution in [2.24, 2.45) is 5.10 Å². The summed E-state index contributed by atoms with van der Waals surface area (Å²) < 4.78 is 0. The molecule has 7 nitrogen and oxygen atoms in total. The Morgan fingerprint density at radius 3 is 2.65 bits per heavy atom. The second-order valence-corrected chi connectivity index (χ2v) is 3.83. The first-order chi connectivity index (χ1) is 7.91. The number of carbonyl (C=O) groups excluding carboxylic acids is 2. The molecule has 0 aromatic carbocycles. The van der Waals surface area contributed by atoms with Gasteiger partial charge >= 0.3 is 5.97 Å². The molecule has 1 rings (SSSR count). The fourth-order valence-corrected chi connectivity index (χ4v) is 1.41. The fourth-order valence-electron chi connectivity index (χ4n) is 1.41. The molecular weight excluding hydrogens is 226 g/mol. The van der Waals surface area contributed by atoms with E-state index in [0.717, 1.165) is 5.01 Å². The summed E-state index contributed by atoms with van der Waals surface area (Å²) in [6.07, 6.45) is 0.456. The molecule has 1 N–H and O–H groups in total. The van der Waals surface area contributed by atoms with Gasteiger partial charge in [-0.3, -0.25) is 14.4 Å². The highest BCUT2D eigenvalue weighted by Crippen LogP contribution is 2.08. The zero-order valence-electron chi connectivity index (χ0n) is 9.84. The summed E-state index contributed by atoms with van der Waals surface area (Å²) in [5, 5.41) is 13.5. The van der Waals surface area contributed by atoms with Gasteiger partial charge in [-0.25, -0.2) is 5.01 Å². The fraction of sp³-hybridized carbons (Fsp3) is 0.600. The van der Waals surface area contributed by atoms with E-state index in [0.29, 0.717) is 12.1 Å². The molecule has 1 aliphatic heterocycles.